The number of carbonyl (C=O) groups excluding carboxylic acids is 3. The van der Waals surface area contributed by atoms with E-state index in [2.05, 4.69) is 17.2 Å². The molecular weight excluding hydrogens is 532 g/mol. The standard InChI is InChI=1S/C33H36N4O5/c38-31(36-16-14-35(15-17-36)30-29(23-8-9-23)18-26(19-34-30)22-6-7-22)24-10-12-27(13-11-24)37-28(21-42-33(37)40)20-41-32(39)25-4-2-1-3-5-25/h1-2,4,10-13,18-19,22-23,28H,3,5-9,14-17,20-21H2/t28-/m1/s1. The summed E-state index contributed by atoms with van der Waals surface area (Å²) < 4.78 is 10.8. The van der Waals surface area contributed by atoms with Gasteiger partial charge in [0, 0.05) is 49.2 Å². The van der Waals surface area contributed by atoms with E-state index in [1.54, 1.807) is 30.3 Å². The predicted octanol–water partition coefficient (Wildman–Crippen LogP) is 4.94. The van der Waals surface area contributed by atoms with Crippen molar-refractivity contribution in [3.05, 3.63) is 77.0 Å². The summed E-state index contributed by atoms with van der Waals surface area (Å²) in [7, 11) is 0. The molecule has 3 aliphatic carbocycles. The lowest BCUT2D eigenvalue weighted by Crippen LogP contribution is -2.49. The molecule has 7 rings (SSSR count). The maximum absolute atomic E-state index is 13.4. The molecule has 5 aliphatic rings. The molecule has 0 radical (unpaired) electrons. The Kier molecular flexibility index (Phi) is 7.17. The van der Waals surface area contributed by atoms with E-state index < -0.39 is 12.1 Å². The Morgan fingerprint density at radius 1 is 1.00 bits per heavy atom. The summed E-state index contributed by atoms with van der Waals surface area (Å²) in [6.07, 6.45) is 13.7. The molecule has 9 nitrogen and oxygen atoms in total. The highest BCUT2D eigenvalue weighted by molar-refractivity contribution is 5.96. The minimum atomic E-state index is -0.490. The molecule has 2 saturated carbocycles. The number of hydrogen-bond acceptors (Lipinski definition) is 7. The second-order valence-corrected chi connectivity index (χ2v) is 11.9. The molecule has 1 aromatic carbocycles. The molecule has 9 heteroatoms. The third kappa shape index (κ3) is 5.52. The van der Waals surface area contributed by atoms with E-state index in [1.165, 1.54) is 41.7 Å². The van der Waals surface area contributed by atoms with E-state index in [0.717, 1.165) is 25.3 Å². The molecule has 2 aromatic rings. The van der Waals surface area contributed by atoms with Crippen LogP contribution in [0.3, 0.4) is 0 Å². The molecular formula is C33H36N4O5. The summed E-state index contributed by atoms with van der Waals surface area (Å²) in [6.45, 7) is 2.96. The van der Waals surface area contributed by atoms with E-state index in [0.29, 0.717) is 48.2 Å². The van der Waals surface area contributed by atoms with Crippen molar-refractivity contribution in [2.75, 3.05) is 49.2 Å². The normalized spacial score (nSPS) is 22.2. The summed E-state index contributed by atoms with van der Waals surface area (Å²) in [5.74, 6) is 2.05. The van der Waals surface area contributed by atoms with E-state index in [4.69, 9.17) is 14.5 Å². The van der Waals surface area contributed by atoms with Gasteiger partial charge < -0.3 is 19.3 Å². The second-order valence-electron chi connectivity index (χ2n) is 11.9. The quantitative estimate of drug-likeness (QED) is 0.417. The molecule has 218 valence electrons. The zero-order chi connectivity index (χ0) is 28.6. The second kappa shape index (κ2) is 11.3. The van der Waals surface area contributed by atoms with Gasteiger partial charge in [-0.25, -0.2) is 14.6 Å². The number of amides is 2. The predicted molar refractivity (Wildman–Crippen MR) is 158 cm³/mol. The molecule has 2 saturated heterocycles. The van der Waals surface area contributed by atoms with E-state index in [-0.39, 0.29) is 25.1 Å². The Morgan fingerprint density at radius 2 is 1.76 bits per heavy atom. The number of carbonyl (C=O) groups is 3. The number of ether oxygens (including phenoxy) is 2. The van der Waals surface area contributed by atoms with Gasteiger partial charge >= 0.3 is 12.1 Å². The molecule has 0 spiro atoms. The SMILES string of the molecule is O=C(OC[C@@H]1COC(=O)N1c1ccc(C(=O)N2CCN(c3ncc(C4CC4)cc3C3CC3)CC2)cc1)C1=CC=CCC1. The average molecular weight is 569 g/mol. The Balaban J connectivity index is 0.963. The molecule has 0 bridgehead atoms. The van der Waals surface area contributed by atoms with Crippen molar-refractivity contribution in [3.8, 4) is 0 Å². The molecule has 4 fully saturated rings. The van der Waals surface area contributed by atoms with Crippen LogP contribution in [0.4, 0.5) is 16.3 Å². The summed E-state index contributed by atoms with van der Waals surface area (Å²) in [5.41, 5.74) is 4.59. The van der Waals surface area contributed by atoms with E-state index in [9.17, 15) is 14.4 Å². The summed E-state index contributed by atoms with van der Waals surface area (Å²) in [6, 6.07) is 8.98. The Bertz CT molecular complexity index is 1430. The van der Waals surface area contributed by atoms with Gasteiger partial charge in [0.05, 0.1) is 0 Å². The highest BCUT2D eigenvalue weighted by atomic mass is 16.6. The number of allylic oxidation sites excluding steroid dienone is 3. The first-order valence-electron chi connectivity index (χ1n) is 15.2. The van der Waals surface area contributed by atoms with Gasteiger partial charge in [-0.05, 0) is 85.8 Å². The lowest BCUT2D eigenvalue weighted by atomic mass is 10.1. The first kappa shape index (κ1) is 26.7. The van der Waals surface area contributed by atoms with Gasteiger partial charge in [0.1, 0.15) is 25.1 Å². The number of piperazine rings is 1. The van der Waals surface area contributed by atoms with Crippen LogP contribution < -0.4 is 9.80 Å². The summed E-state index contributed by atoms with van der Waals surface area (Å²) >= 11 is 0. The zero-order valence-corrected chi connectivity index (χ0v) is 23.7. The van der Waals surface area contributed by atoms with Crippen LogP contribution in [0, 0.1) is 0 Å². The van der Waals surface area contributed by atoms with Gasteiger partial charge in [0.2, 0.25) is 0 Å². The van der Waals surface area contributed by atoms with Gasteiger partial charge in [-0.1, -0.05) is 24.3 Å². The number of cyclic esters (lactones) is 1. The molecule has 42 heavy (non-hydrogen) atoms. The molecule has 1 aromatic heterocycles. The van der Waals surface area contributed by atoms with Crippen LogP contribution in [0.1, 0.15) is 71.8 Å². The summed E-state index contributed by atoms with van der Waals surface area (Å²) in [5, 5.41) is 0. The molecule has 2 aliphatic heterocycles. The largest absolute Gasteiger partial charge is 0.460 e. The minimum absolute atomic E-state index is 0.0232. The number of aromatic nitrogens is 1. The van der Waals surface area contributed by atoms with Crippen molar-refractivity contribution in [3.63, 3.8) is 0 Å². The Hall–Kier alpha value is -4.14. The van der Waals surface area contributed by atoms with Crippen molar-refractivity contribution in [2.24, 2.45) is 0 Å². The first-order chi connectivity index (χ1) is 20.5. The zero-order valence-electron chi connectivity index (χ0n) is 23.7. The Labute approximate surface area is 245 Å². The van der Waals surface area contributed by atoms with Crippen molar-refractivity contribution < 1.29 is 23.9 Å². The lowest BCUT2D eigenvalue weighted by Gasteiger charge is -2.36. The van der Waals surface area contributed by atoms with Crippen molar-refractivity contribution >= 4 is 29.5 Å². The van der Waals surface area contributed by atoms with Gasteiger partial charge in [-0.15, -0.1) is 0 Å². The molecule has 3 heterocycles. The summed E-state index contributed by atoms with van der Waals surface area (Å²) in [4.78, 5) is 48.9. The van der Waals surface area contributed by atoms with Gasteiger partial charge in [-0.2, -0.15) is 0 Å². The van der Waals surface area contributed by atoms with Crippen LogP contribution in [-0.4, -0.2) is 73.3 Å². The van der Waals surface area contributed by atoms with Crippen LogP contribution in [0.15, 0.2) is 60.3 Å². The number of anilines is 2. The van der Waals surface area contributed by atoms with Gasteiger partial charge in [0.15, 0.2) is 0 Å². The number of esters is 1. The average Bonchev–Trinajstić information content (AvgIpc) is 3.98. The number of nitrogens with zero attached hydrogens (tertiary/aromatic N) is 4. The van der Waals surface area contributed by atoms with Crippen LogP contribution in [0.25, 0.3) is 0 Å². The fourth-order valence-corrected chi connectivity index (χ4v) is 6.10. The fourth-order valence-electron chi connectivity index (χ4n) is 6.10. The molecule has 0 N–H and O–H groups in total. The minimum Gasteiger partial charge on any atom is -0.460 e. The number of pyridine rings is 1. The molecule has 1 atom stereocenters. The highest BCUT2D eigenvalue weighted by Crippen LogP contribution is 2.47. The van der Waals surface area contributed by atoms with Gasteiger partial charge in [-0.3, -0.25) is 9.69 Å². The van der Waals surface area contributed by atoms with Gasteiger partial charge in [0.25, 0.3) is 5.91 Å². The number of benzene rings is 1. The van der Waals surface area contributed by atoms with Crippen molar-refractivity contribution in [1.29, 1.82) is 0 Å². The van der Waals surface area contributed by atoms with E-state index in [1.807, 2.05) is 17.1 Å². The topological polar surface area (TPSA) is 92.3 Å². The van der Waals surface area contributed by atoms with Crippen molar-refractivity contribution in [2.45, 2.75) is 56.4 Å². The van der Waals surface area contributed by atoms with Crippen LogP contribution in [-0.2, 0) is 14.3 Å². The third-order valence-corrected chi connectivity index (χ3v) is 8.88. The smallest absolute Gasteiger partial charge is 0.414 e. The van der Waals surface area contributed by atoms with Crippen LogP contribution in [0.5, 0.6) is 0 Å². The first-order valence-corrected chi connectivity index (χ1v) is 15.2. The Morgan fingerprint density at radius 3 is 2.45 bits per heavy atom. The fraction of sp³-hybridized carbons (Fsp3) is 0.455. The highest BCUT2D eigenvalue weighted by Gasteiger charge is 2.36. The maximum atomic E-state index is 13.4. The van der Waals surface area contributed by atoms with E-state index >= 15 is 0 Å². The molecule has 2 amide bonds. The van der Waals surface area contributed by atoms with Crippen LogP contribution in [0.2, 0.25) is 0 Å². The lowest BCUT2D eigenvalue weighted by molar-refractivity contribution is -0.139. The number of rotatable bonds is 8. The molecule has 0 unspecified atom stereocenters. The maximum Gasteiger partial charge on any atom is 0.414 e. The van der Waals surface area contributed by atoms with Crippen molar-refractivity contribution in [1.82, 2.24) is 9.88 Å². The third-order valence-electron chi connectivity index (χ3n) is 8.88. The number of hydrogen-bond donors (Lipinski definition) is 0. The monoisotopic (exact) mass is 568 g/mol. The van der Waals surface area contributed by atoms with Crippen LogP contribution >= 0.6 is 0 Å².